The Morgan fingerprint density at radius 1 is 1.32 bits per heavy atom. The molecule has 4 heteroatoms. The highest BCUT2D eigenvalue weighted by molar-refractivity contribution is 5.24. The van der Waals surface area contributed by atoms with Crippen LogP contribution in [0.5, 0.6) is 0 Å². The molecule has 2 rings (SSSR count). The molecule has 0 saturated carbocycles. The van der Waals surface area contributed by atoms with Crippen LogP contribution in [-0.4, -0.2) is 9.55 Å². The normalized spacial score (nSPS) is 11.8. The first-order valence-corrected chi connectivity index (χ1v) is 6.11. The second-order valence-electron chi connectivity index (χ2n) is 4.49. The molecule has 0 saturated heterocycles. The fourth-order valence-corrected chi connectivity index (χ4v) is 2.07. The average molecular weight is 253 g/mol. The van der Waals surface area contributed by atoms with Gasteiger partial charge < -0.3 is 0 Å². The lowest BCUT2D eigenvalue weighted by Gasteiger charge is -2.14. The van der Waals surface area contributed by atoms with Gasteiger partial charge in [-0.2, -0.15) is 5.26 Å². The molecule has 0 N–H and O–H groups in total. The third kappa shape index (κ3) is 2.89. The van der Waals surface area contributed by atoms with Gasteiger partial charge in [-0.15, -0.1) is 0 Å². The maximum absolute atomic E-state index is 12.0. The summed E-state index contributed by atoms with van der Waals surface area (Å²) in [6.45, 7) is 3.91. The Kier molecular flexibility index (Phi) is 3.76. The van der Waals surface area contributed by atoms with E-state index in [4.69, 9.17) is 0 Å². The Balaban J connectivity index is 2.36. The van der Waals surface area contributed by atoms with Crippen LogP contribution >= 0.6 is 0 Å². The molecule has 0 aliphatic rings. The lowest BCUT2D eigenvalue weighted by Crippen LogP contribution is -2.26. The Hall–Kier alpha value is -2.41. The highest BCUT2D eigenvalue weighted by atomic mass is 16.1. The summed E-state index contributed by atoms with van der Waals surface area (Å²) in [5.74, 6) is 0.295. The predicted octanol–water partition coefficient (Wildman–Crippen LogP) is 2.17. The molecule has 1 atom stereocenters. The van der Waals surface area contributed by atoms with Crippen molar-refractivity contribution >= 4 is 0 Å². The van der Waals surface area contributed by atoms with Crippen LogP contribution in [0, 0.1) is 25.2 Å². The third-order valence-electron chi connectivity index (χ3n) is 3.05. The number of aryl methyl sites for hydroxylation is 2. The van der Waals surface area contributed by atoms with E-state index >= 15 is 0 Å². The fourth-order valence-electron chi connectivity index (χ4n) is 2.07. The summed E-state index contributed by atoms with van der Waals surface area (Å²) in [4.78, 5) is 16.2. The number of benzene rings is 1. The van der Waals surface area contributed by atoms with Gasteiger partial charge in [-0.25, -0.2) is 4.98 Å². The van der Waals surface area contributed by atoms with Crippen molar-refractivity contribution in [2.75, 3.05) is 0 Å². The lowest BCUT2D eigenvalue weighted by atomic mass is 10.0. The van der Waals surface area contributed by atoms with Crippen LogP contribution in [0.1, 0.15) is 23.0 Å². The SMILES string of the molecule is Cc1cc(=O)n(CC(C#N)c2ccccc2)c(C)n1. The minimum absolute atomic E-state index is 0.110. The van der Waals surface area contributed by atoms with E-state index in [1.165, 1.54) is 6.07 Å². The molecule has 1 aromatic carbocycles. The molecule has 0 aliphatic heterocycles. The topological polar surface area (TPSA) is 58.7 Å². The van der Waals surface area contributed by atoms with Crippen molar-refractivity contribution in [1.29, 1.82) is 5.26 Å². The molecule has 0 fully saturated rings. The van der Waals surface area contributed by atoms with E-state index in [1.807, 2.05) is 30.3 Å². The van der Waals surface area contributed by atoms with Crippen molar-refractivity contribution in [3.05, 3.63) is 63.8 Å². The molecule has 0 amide bonds. The van der Waals surface area contributed by atoms with Crippen LogP contribution in [0.25, 0.3) is 0 Å². The van der Waals surface area contributed by atoms with E-state index in [-0.39, 0.29) is 11.5 Å². The first-order valence-electron chi connectivity index (χ1n) is 6.11. The van der Waals surface area contributed by atoms with Crippen molar-refractivity contribution in [3.8, 4) is 6.07 Å². The Morgan fingerprint density at radius 2 is 2.00 bits per heavy atom. The standard InChI is InChI=1S/C15H15N3O/c1-11-8-15(19)18(12(2)17-11)10-14(9-16)13-6-4-3-5-7-13/h3-8,14H,10H2,1-2H3. The van der Waals surface area contributed by atoms with Crippen molar-refractivity contribution in [1.82, 2.24) is 9.55 Å². The van der Waals surface area contributed by atoms with Gasteiger partial charge in [-0.3, -0.25) is 9.36 Å². The van der Waals surface area contributed by atoms with Crippen LogP contribution < -0.4 is 5.56 Å². The molecular weight excluding hydrogens is 238 g/mol. The van der Waals surface area contributed by atoms with E-state index in [0.29, 0.717) is 18.1 Å². The maximum Gasteiger partial charge on any atom is 0.253 e. The minimum Gasteiger partial charge on any atom is -0.295 e. The largest absolute Gasteiger partial charge is 0.295 e. The van der Waals surface area contributed by atoms with Crippen molar-refractivity contribution < 1.29 is 0 Å². The first-order chi connectivity index (χ1) is 9.11. The van der Waals surface area contributed by atoms with E-state index in [0.717, 1.165) is 5.56 Å². The second-order valence-corrected chi connectivity index (χ2v) is 4.49. The Labute approximate surface area is 112 Å². The molecule has 0 aliphatic carbocycles. The van der Waals surface area contributed by atoms with Gasteiger partial charge in [0.05, 0.1) is 12.0 Å². The van der Waals surface area contributed by atoms with Gasteiger partial charge in [0.1, 0.15) is 5.82 Å². The van der Waals surface area contributed by atoms with Gasteiger partial charge in [0, 0.05) is 18.3 Å². The quantitative estimate of drug-likeness (QED) is 0.842. The fraction of sp³-hybridized carbons (Fsp3) is 0.267. The molecular formula is C15H15N3O. The molecule has 96 valence electrons. The molecule has 4 nitrogen and oxygen atoms in total. The highest BCUT2D eigenvalue weighted by Crippen LogP contribution is 2.16. The Morgan fingerprint density at radius 3 is 2.58 bits per heavy atom. The molecule has 0 bridgehead atoms. The second kappa shape index (κ2) is 5.49. The van der Waals surface area contributed by atoms with E-state index in [9.17, 15) is 10.1 Å². The molecule has 1 aromatic heterocycles. The number of nitrogens with zero attached hydrogens (tertiary/aromatic N) is 3. The van der Waals surface area contributed by atoms with Crippen LogP contribution in [0.2, 0.25) is 0 Å². The predicted molar refractivity (Wildman–Crippen MR) is 72.8 cm³/mol. The monoisotopic (exact) mass is 253 g/mol. The summed E-state index contributed by atoms with van der Waals surface area (Å²) in [7, 11) is 0. The smallest absolute Gasteiger partial charge is 0.253 e. The molecule has 19 heavy (non-hydrogen) atoms. The summed E-state index contributed by atoms with van der Waals surface area (Å²) in [6, 6.07) is 13.2. The summed E-state index contributed by atoms with van der Waals surface area (Å²) in [5, 5.41) is 9.29. The number of rotatable bonds is 3. The summed E-state index contributed by atoms with van der Waals surface area (Å²) in [5.41, 5.74) is 1.50. The number of hydrogen-bond acceptors (Lipinski definition) is 3. The van der Waals surface area contributed by atoms with Gasteiger partial charge in [0.25, 0.3) is 5.56 Å². The zero-order valence-corrected chi connectivity index (χ0v) is 11.0. The molecule has 0 radical (unpaired) electrons. The average Bonchev–Trinajstić information content (AvgIpc) is 2.39. The number of hydrogen-bond donors (Lipinski definition) is 0. The summed E-state index contributed by atoms with van der Waals surface area (Å²) < 4.78 is 1.55. The third-order valence-corrected chi connectivity index (χ3v) is 3.05. The van der Waals surface area contributed by atoms with Gasteiger partial charge in [-0.1, -0.05) is 30.3 Å². The van der Waals surface area contributed by atoms with Crippen molar-refractivity contribution in [2.24, 2.45) is 0 Å². The van der Waals surface area contributed by atoms with Crippen LogP contribution in [0.3, 0.4) is 0 Å². The van der Waals surface area contributed by atoms with Gasteiger partial charge in [0.15, 0.2) is 0 Å². The highest BCUT2D eigenvalue weighted by Gasteiger charge is 2.13. The van der Waals surface area contributed by atoms with E-state index in [1.54, 1.807) is 18.4 Å². The molecule has 2 aromatic rings. The number of aromatic nitrogens is 2. The van der Waals surface area contributed by atoms with Crippen molar-refractivity contribution in [2.45, 2.75) is 26.3 Å². The van der Waals surface area contributed by atoms with E-state index < -0.39 is 0 Å². The first kappa shape index (κ1) is 13.0. The van der Waals surface area contributed by atoms with E-state index in [2.05, 4.69) is 11.1 Å². The zero-order valence-electron chi connectivity index (χ0n) is 11.0. The maximum atomic E-state index is 12.0. The molecule has 1 unspecified atom stereocenters. The van der Waals surface area contributed by atoms with Crippen LogP contribution in [0.4, 0.5) is 0 Å². The van der Waals surface area contributed by atoms with Crippen molar-refractivity contribution in [3.63, 3.8) is 0 Å². The lowest BCUT2D eigenvalue weighted by molar-refractivity contribution is 0.590. The number of nitriles is 1. The molecule has 1 heterocycles. The zero-order chi connectivity index (χ0) is 13.8. The minimum atomic E-state index is -0.345. The van der Waals surface area contributed by atoms with Crippen LogP contribution in [0.15, 0.2) is 41.2 Å². The molecule has 0 spiro atoms. The van der Waals surface area contributed by atoms with Gasteiger partial charge in [0.2, 0.25) is 0 Å². The summed E-state index contributed by atoms with van der Waals surface area (Å²) >= 11 is 0. The van der Waals surface area contributed by atoms with Gasteiger partial charge >= 0.3 is 0 Å². The van der Waals surface area contributed by atoms with Crippen LogP contribution in [-0.2, 0) is 6.54 Å². The Bertz CT molecular complexity index is 668. The van der Waals surface area contributed by atoms with Gasteiger partial charge in [-0.05, 0) is 19.4 Å². The summed E-state index contributed by atoms with van der Waals surface area (Å²) in [6.07, 6.45) is 0.